The first kappa shape index (κ1) is 20.6. The van der Waals surface area contributed by atoms with Gasteiger partial charge in [-0.2, -0.15) is 0 Å². The van der Waals surface area contributed by atoms with Crippen LogP contribution in [0.15, 0.2) is 104 Å². The third-order valence-corrected chi connectivity index (χ3v) is 5.88. The molecule has 0 aliphatic rings. The van der Waals surface area contributed by atoms with Crippen molar-refractivity contribution in [1.29, 1.82) is 0 Å². The highest BCUT2D eigenvalue weighted by atomic mass is 16.2. The monoisotopic (exact) mass is 432 g/mol. The van der Waals surface area contributed by atoms with E-state index in [-0.39, 0.29) is 5.91 Å². The van der Waals surface area contributed by atoms with Crippen LogP contribution in [0.2, 0.25) is 0 Å². The summed E-state index contributed by atoms with van der Waals surface area (Å²) in [5, 5.41) is 0.853. The maximum Gasteiger partial charge on any atom is 0.255 e. The first-order valence-corrected chi connectivity index (χ1v) is 10.9. The number of hydrogen-bond donors (Lipinski definition) is 0. The van der Waals surface area contributed by atoms with Gasteiger partial charge < -0.3 is 9.47 Å². The van der Waals surface area contributed by atoms with E-state index in [2.05, 4.69) is 34.2 Å². The number of hydrogen-bond acceptors (Lipinski definition) is 3. The van der Waals surface area contributed by atoms with Crippen molar-refractivity contribution in [2.45, 2.75) is 13.1 Å². The predicted molar refractivity (Wildman–Crippen MR) is 130 cm³/mol. The average Bonchev–Trinajstić information content (AvgIpc) is 3.28. The fourth-order valence-corrected chi connectivity index (χ4v) is 4.13. The van der Waals surface area contributed by atoms with Gasteiger partial charge in [0.15, 0.2) is 0 Å². The lowest BCUT2D eigenvalue weighted by atomic mass is 9.99. The second-order valence-corrected chi connectivity index (χ2v) is 8.01. The number of carbonyl (C=O) groups excluding carboxylic acids is 1. The van der Waals surface area contributed by atoms with E-state index >= 15 is 0 Å². The highest BCUT2D eigenvalue weighted by Gasteiger charge is 2.21. The molecule has 0 aliphatic carbocycles. The Morgan fingerprint density at radius 1 is 0.818 bits per heavy atom. The number of fused-ring (bicyclic) bond motifs is 1. The lowest BCUT2D eigenvalue weighted by molar-refractivity contribution is 0.0726. The molecule has 1 amide bonds. The zero-order valence-corrected chi connectivity index (χ0v) is 18.4. The van der Waals surface area contributed by atoms with Crippen molar-refractivity contribution in [3.63, 3.8) is 0 Å². The van der Waals surface area contributed by atoms with Gasteiger partial charge in [-0.3, -0.25) is 9.78 Å². The molecule has 33 heavy (non-hydrogen) atoms. The number of imidazole rings is 1. The van der Waals surface area contributed by atoms with Crippen molar-refractivity contribution in [3.05, 3.63) is 120 Å². The predicted octanol–water partition coefficient (Wildman–Crippen LogP) is 5.48. The second-order valence-electron chi connectivity index (χ2n) is 8.01. The summed E-state index contributed by atoms with van der Waals surface area (Å²) in [7, 11) is 1.95. The number of amides is 1. The molecule has 162 valence electrons. The van der Waals surface area contributed by atoms with Crippen molar-refractivity contribution < 1.29 is 4.79 Å². The molecule has 0 saturated heterocycles. The lowest BCUT2D eigenvalue weighted by Gasteiger charge is -2.24. The van der Waals surface area contributed by atoms with Crippen molar-refractivity contribution in [2.24, 2.45) is 7.05 Å². The lowest BCUT2D eigenvalue weighted by Crippen LogP contribution is -2.31. The molecule has 5 aromatic rings. The standard InChI is InChI=1S/C28H24N4O/c1-31-18-17-30-27(31)20-32(28(33)25-15-16-29-26-14-8-7-13-24(25)26)19-22-11-5-6-12-23(22)21-9-3-2-4-10-21/h2-18H,19-20H2,1H3. The number of nitrogens with zero attached hydrogens (tertiary/aromatic N) is 4. The van der Waals surface area contributed by atoms with Crippen molar-refractivity contribution in [3.8, 4) is 11.1 Å². The van der Waals surface area contributed by atoms with E-state index in [9.17, 15) is 4.79 Å². The zero-order chi connectivity index (χ0) is 22.6. The highest BCUT2D eigenvalue weighted by molar-refractivity contribution is 6.05. The quantitative estimate of drug-likeness (QED) is 0.357. The molecule has 5 heteroatoms. The topological polar surface area (TPSA) is 51.0 Å². The van der Waals surface area contributed by atoms with Crippen molar-refractivity contribution in [2.75, 3.05) is 0 Å². The van der Waals surface area contributed by atoms with Crippen molar-refractivity contribution in [1.82, 2.24) is 19.4 Å². The maximum atomic E-state index is 13.9. The molecular weight excluding hydrogens is 408 g/mol. The van der Waals surface area contributed by atoms with Gasteiger partial charge in [0.2, 0.25) is 0 Å². The summed E-state index contributed by atoms with van der Waals surface area (Å²) in [6, 6.07) is 28.1. The largest absolute Gasteiger partial charge is 0.337 e. The van der Waals surface area contributed by atoms with Gasteiger partial charge >= 0.3 is 0 Å². The molecule has 0 atom stereocenters. The van der Waals surface area contributed by atoms with Crippen molar-refractivity contribution >= 4 is 16.8 Å². The van der Waals surface area contributed by atoms with Gasteiger partial charge in [0.05, 0.1) is 17.6 Å². The van der Waals surface area contributed by atoms with Crippen LogP contribution in [0.3, 0.4) is 0 Å². The summed E-state index contributed by atoms with van der Waals surface area (Å²) in [5.41, 5.74) is 4.80. The number of aryl methyl sites for hydroxylation is 1. The Kier molecular flexibility index (Phi) is 5.68. The molecule has 2 heterocycles. The van der Waals surface area contributed by atoms with E-state index in [1.54, 1.807) is 18.5 Å². The number of carbonyl (C=O) groups is 1. The van der Waals surface area contributed by atoms with E-state index in [4.69, 9.17) is 0 Å². The molecule has 0 saturated carbocycles. The summed E-state index contributed by atoms with van der Waals surface area (Å²) in [5.74, 6) is 0.790. The van der Waals surface area contributed by atoms with Gasteiger partial charge in [0.1, 0.15) is 5.82 Å². The van der Waals surface area contributed by atoms with E-state index < -0.39 is 0 Å². The number of pyridine rings is 1. The number of rotatable bonds is 6. The summed E-state index contributed by atoms with van der Waals surface area (Å²) >= 11 is 0. The Morgan fingerprint density at radius 2 is 1.58 bits per heavy atom. The Bertz CT molecular complexity index is 1400. The van der Waals surface area contributed by atoms with Crippen LogP contribution in [0.5, 0.6) is 0 Å². The minimum Gasteiger partial charge on any atom is -0.337 e. The van der Waals surface area contributed by atoms with Crippen LogP contribution in [0, 0.1) is 0 Å². The number of aromatic nitrogens is 3. The Morgan fingerprint density at radius 3 is 2.39 bits per heavy atom. The summed E-state index contributed by atoms with van der Waals surface area (Å²) in [4.78, 5) is 24.7. The van der Waals surface area contributed by atoms with E-state index in [1.165, 1.54) is 0 Å². The molecular formula is C28H24N4O. The van der Waals surface area contributed by atoms with E-state index in [0.717, 1.165) is 33.4 Å². The van der Waals surface area contributed by atoms with Crippen LogP contribution in [0.25, 0.3) is 22.0 Å². The molecule has 0 unspecified atom stereocenters. The molecule has 0 radical (unpaired) electrons. The Balaban J connectivity index is 1.56. The van der Waals surface area contributed by atoms with Crippen LogP contribution in [-0.2, 0) is 20.1 Å². The molecule has 0 spiro atoms. The zero-order valence-electron chi connectivity index (χ0n) is 18.4. The van der Waals surface area contributed by atoms with Crippen LogP contribution < -0.4 is 0 Å². The molecule has 0 aliphatic heterocycles. The molecule has 5 nitrogen and oxygen atoms in total. The highest BCUT2D eigenvalue weighted by Crippen LogP contribution is 2.26. The Hall–Kier alpha value is -4.25. The first-order chi connectivity index (χ1) is 16.2. The number of para-hydroxylation sites is 1. The Labute approximate surface area is 193 Å². The second kappa shape index (κ2) is 9.09. The van der Waals surface area contributed by atoms with E-state index in [1.807, 2.05) is 77.3 Å². The average molecular weight is 433 g/mol. The van der Waals surface area contributed by atoms with Gasteiger partial charge in [0.25, 0.3) is 5.91 Å². The van der Waals surface area contributed by atoms with Crippen LogP contribution in [-0.4, -0.2) is 25.3 Å². The van der Waals surface area contributed by atoms with Crippen LogP contribution >= 0.6 is 0 Å². The molecule has 0 N–H and O–H groups in total. The van der Waals surface area contributed by atoms with Crippen LogP contribution in [0.4, 0.5) is 0 Å². The summed E-state index contributed by atoms with van der Waals surface area (Å²) in [6.07, 6.45) is 5.36. The normalized spacial score (nSPS) is 10.9. The molecule has 0 bridgehead atoms. The minimum atomic E-state index is -0.0422. The van der Waals surface area contributed by atoms with Gasteiger partial charge in [-0.1, -0.05) is 72.8 Å². The maximum absolute atomic E-state index is 13.9. The fraction of sp³-hybridized carbons (Fsp3) is 0.107. The van der Waals surface area contributed by atoms with Crippen LogP contribution in [0.1, 0.15) is 21.7 Å². The number of benzene rings is 3. The molecule has 0 fully saturated rings. The SMILES string of the molecule is Cn1ccnc1CN(Cc1ccccc1-c1ccccc1)C(=O)c1ccnc2ccccc12. The third-order valence-electron chi connectivity index (χ3n) is 5.88. The van der Waals surface area contributed by atoms with E-state index in [0.29, 0.717) is 18.7 Å². The minimum absolute atomic E-state index is 0.0422. The molecule has 2 aromatic heterocycles. The van der Waals surface area contributed by atoms with Gasteiger partial charge in [0, 0.05) is 37.6 Å². The fourth-order valence-electron chi connectivity index (χ4n) is 4.13. The van der Waals surface area contributed by atoms with Gasteiger partial charge in [-0.25, -0.2) is 4.98 Å². The first-order valence-electron chi connectivity index (χ1n) is 10.9. The van der Waals surface area contributed by atoms with Gasteiger partial charge in [-0.15, -0.1) is 0 Å². The summed E-state index contributed by atoms with van der Waals surface area (Å²) < 4.78 is 1.95. The molecule has 5 rings (SSSR count). The molecule has 3 aromatic carbocycles. The third kappa shape index (κ3) is 4.26. The smallest absolute Gasteiger partial charge is 0.255 e. The van der Waals surface area contributed by atoms with Gasteiger partial charge in [-0.05, 0) is 28.8 Å². The summed E-state index contributed by atoms with van der Waals surface area (Å²) in [6.45, 7) is 0.871.